The zero-order chi connectivity index (χ0) is 33.4. The number of amides is 4. The number of hydrogen-bond acceptors (Lipinski definition) is 11. The van der Waals surface area contributed by atoms with E-state index in [1.54, 1.807) is 0 Å². The van der Waals surface area contributed by atoms with E-state index < -0.39 is 78.1 Å². The number of likely N-dealkylation sites (tertiary alicyclic amines) is 1. The lowest BCUT2D eigenvalue weighted by Gasteiger charge is -2.30. The van der Waals surface area contributed by atoms with E-state index >= 15 is 0 Å². The van der Waals surface area contributed by atoms with Crippen molar-refractivity contribution in [2.75, 3.05) is 19.6 Å². The van der Waals surface area contributed by atoms with Crippen molar-refractivity contribution in [2.24, 2.45) is 39.4 Å². The number of nitrogens with one attached hydrogen (secondary N) is 2. The summed E-state index contributed by atoms with van der Waals surface area (Å²) in [7, 11) is 0. The van der Waals surface area contributed by atoms with Crippen LogP contribution in [0.4, 0.5) is 0 Å². The van der Waals surface area contributed by atoms with Gasteiger partial charge in [0.2, 0.25) is 23.6 Å². The number of ketones is 1. The number of carboxylic acids is 1. The van der Waals surface area contributed by atoms with Gasteiger partial charge < -0.3 is 60.1 Å². The van der Waals surface area contributed by atoms with Crippen LogP contribution < -0.4 is 45.0 Å². The molecule has 0 aromatic rings. The molecule has 0 saturated carbocycles. The first kappa shape index (κ1) is 38.2. The summed E-state index contributed by atoms with van der Waals surface area (Å²) in [6.07, 6.45) is -0.0333. The maximum absolute atomic E-state index is 13.6. The number of rotatable bonds is 21. The van der Waals surface area contributed by atoms with Crippen molar-refractivity contribution in [3.63, 3.8) is 0 Å². The molecule has 0 aromatic heterocycles. The Morgan fingerprint density at radius 2 is 1.59 bits per heavy atom. The van der Waals surface area contributed by atoms with E-state index in [4.69, 9.17) is 34.4 Å². The van der Waals surface area contributed by atoms with E-state index in [2.05, 4.69) is 15.6 Å². The Morgan fingerprint density at radius 3 is 2.18 bits per heavy atom. The summed E-state index contributed by atoms with van der Waals surface area (Å²) in [5.74, 6) is -4.79. The summed E-state index contributed by atoms with van der Waals surface area (Å²) in [5.41, 5.74) is 32.6. The van der Waals surface area contributed by atoms with Gasteiger partial charge in [-0.15, -0.1) is 0 Å². The smallest absolute Gasteiger partial charge is 0.326 e. The number of carbonyl (C=O) groups is 6. The quantitative estimate of drug-likeness (QED) is 0.0325. The molecule has 16 N–H and O–H groups in total. The maximum atomic E-state index is 13.6. The third-order valence-electron chi connectivity index (χ3n) is 7.21. The molecule has 1 fully saturated rings. The summed E-state index contributed by atoms with van der Waals surface area (Å²) in [6.45, 7) is 0.705. The molecule has 0 spiro atoms. The second kappa shape index (κ2) is 19.4. The van der Waals surface area contributed by atoms with E-state index in [9.17, 15) is 39.0 Å². The van der Waals surface area contributed by atoms with Crippen molar-refractivity contribution in [3.05, 3.63) is 0 Å². The van der Waals surface area contributed by atoms with E-state index in [1.165, 1.54) is 4.90 Å². The van der Waals surface area contributed by atoms with Gasteiger partial charge in [-0.2, -0.15) is 0 Å². The fourth-order valence-electron chi connectivity index (χ4n) is 4.65. The van der Waals surface area contributed by atoms with Gasteiger partial charge in [0.05, 0.1) is 12.1 Å². The molecule has 1 aliphatic rings. The van der Waals surface area contributed by atoms with Crippen molar-refractivity contribution in [1.29, 1.82) is 0 Å². The lowest BCUT2D eigenvalue weighted by atomic mass is 10.00. The van der Waals surface area contributed by atoms with Crippen LogP contribution in [0, 0.1) is 0 Å². The summed E-state index contributed by atoms with van der Waals surface area (Å²) in [5, 5.41) is 25.0. The average Bonchev–Trinajstić information content (AvgIpc) is 3.46. The minimum Gasteiger partial charge on any atom is -0.480 e. The third kappa shape index (κ3) is 13.2. The number of nitrogens with zero attached hydrogens (tertiary/aromatic N) is 2. The summed E-state index contributed by atoms with van der Waals surface area (Å²) in [4.78, 5) is 79.7. The SMILES string of the molecule is NCCCC[C@H](NC(=O)[C@@H](N)[C@H](O)CC(=O)CC[C@@H](N)C(N)=O)C(=O)N1CCC[C@H]1C(=O)N[C@@H](CCCN=C(N)N)C(=O)O. The summed E-state index contributed by atoms with van der Waals surface area (Å²) < 4.78 is 0. The number of primary amides is 1. The average molecular weight is 629 g/mol. The van der Waals surface area contributed by atoms with Crippen LogP contribution in [0.25, 0.3) is 0 Å². The molecular formula is C26H48N10O8. The molecule has 18 heteroatoms. The Balaban J connectivity index is 2.91. The first-order valence-corrected chi connectivity index (χ1v) is 14.6. The molecule has 6 atom stereocenters. The van der Waals surface area contributed by atoms with Crippen molar-refractivity contribution in [2.45, 2.75) is 101 Å². The molecule has 0 aromatic carbocycles. The van der Waals surface area contributed by atoms with Gasteiger partial charge in [0.15, 0.2) is 5.96 Å². The first-order chi connectivity index (χ1) is 20.7. The van der Waals surface area contributed by atoms with Crippen LogP contribution in [-0.2, 0) is 28.8 Å². The minimum atomic E-state index is -1.59. The van der Waals surface area contributed by atoms with Gasteiger partial charge in [-0.1, -0.05) is 0 Å². The van der Waals surface area contributed by atoms with Gasteiger partial charge in [0.1, 0.15) is 30.0 Å². The summed E-state index contributed by atoms with van der Waals surface area (Å²) >= 11 is 0. The molecule has 1 heterocycles. The monoisotopic (exact) mass is 628 g/mol. The van der Waals surface area contributed by atoms with Gasteiger partial charge in [-0.05, 0) is 57.9 Å². The fourth-order valence-corrected chi connectivity index (χ4v) is 4.65. The molecule has 1 saturated heterocycles. The predicted molar refractivity (Wildman–Crippen MR) is 159 cm³/mol. The molecule has 250 valence electrons. The molecular weight excluding hydrogens is 580 g/mol. The zero-order valence-corrected chi connectivity index (χ0v) is 24.9. The van der Waals surface area contributed by atoms with Crippen molar-refractivity contribution < 1.29 is 39.0 Å². The second-order valence-corrected chi connectivity index (χ2v) is 10.8. The normalized spacial score (nSPS) is 17.9. The highest BCUT2D eigenvalue weighted by Crippen LogP contribution is 2.21. The van der Waals surface area contributed by atoms with Crippen LogP contribution in [-0.4, -0.2) is 112 Å². The van der Waals surface area contributed by atoms with Crippen molar-refractivity contribution >= 4 is 41.3 Å². The van der Waals surface area contributed by atoms with Crippen LogP contribution in [0.2, 0.25) is 0 Å². The second-order valence-electron chi connectivity index (χ2n) is 10.8. The van der Waals surface area contributed by atoms with Gasteiger partial charge in [0, 0.05) is 25.9 Å². The number of nitrogens with two attached hydrogens (primary N) is 6. The molecule has 0 radical (unpaired) electrons. The topological polar surface area (TPSA) is 339 Å². The van der Waals surface area contributed by atoms with Gasteiger partial charge in [0.25, 0.3) is 0 Å². The lowest BCUT2D eigenvalue weighted by Crippen LogP contribution is -2.58. The molecule has 1 aliphatic heterocycles. The van der Waals surface area contributed by atoms with Gasteiger partial charge >= 0.3 is 5.97 Å². The number of aliphatic carboxylic acids is 1. The Kier molecular flexibility index (Phi) is 16.8. The molecule has 4 amide bonds. The Bertz CT molecular complexity index is 1040. The first-order valence-electron chi connectivity index (χ1n) is 14.6. The van der Waals surface area contributed by atoms with Crippen molar-refractivity contribution in [1.82, 2.24) is 15.5 Å². The Hall–Kier alpha value is -3.87. The number of hydrogen-bond donors (Lipinski definition) is 10. The van der Waals surface area contributed by atoms with E-state index in [0.717, 1.165) is 0 Å². The molecule has 18 nitrogen and oxygen atoms in total. The molecule has 1 rings (SSSR count). The number of unbranched alkanes of at least 4 members (excludes halogenated alkanes) is 1. The number of aliphatic hydroxyl groups excluding tert-OH is 1. The highest BCUT2D eigenvalue weighted by atomic mass is 16.4. The molecule has 0 bridgehead atoms. The van der Waals surface area contributed by atoms with Crippen molar-refractivity contribution in [3.8, 4) is 0 Å². The highest BCUT2D eigenvalue weighted by Gasteiger charge is 2.39. The number of Topliss-reactive ketones (excluding diaryl/α,β-unsaturated/α-hetero) is 1. The van der Waals surface area contributed by atoms with Crippen LogP contribution >= 0.6 is 0 Å². The largest absolute Gasteiger partial charge is 0.480 e. The Labute approximate surface area is 255 Å². The number of guanidine groups is 1. The van der Waals surface area contributed by atoms with Crippen LogP contribution in [0.1, 0.15) is 64.2 Å². The number of carbonyl (C=O) groups excluding carboxylic acids is 5. The highest BCUT2D eigenvalue weighted by molar-refractivity contribution is 5.95. The van der Waals surface area contributed by atoms with Crippen LogP contribution in [0.15, 0.2) is 4.99 Å². The van der Waals surface area contributed by atoms with Gasteiger partial charge in [-0.25, -0.2) is 4.79 Å². The van der Waals surface area contributed by atoms with Crippen LogP contribution in [0.5, 0.6) is 0 Å². The number of aliphatic hydroxyl groups is 1. The minimum absolute atomic E-state index is 0.0320. The van der Waals surface area contributed by atoms with E-state index in [-0.39, 0.29) is 57.6 Å². The van der Waals surface area contributed by atoms with Crippen LogP contribution in [0.3, 0.4) is 0 Å². The molecule has 0 aliphatic carbocycles. The Morgan fingerprint density at radius 1 is 0.932 bits per heavy atom. The standard InChI is InChI=1S/C26H48N10O8/c27-10-2-1-5-16(34-23(41)20(29)19(38)13-14(37)8-9-15(28)21(30)39)24(42)36-12-4-7-18(36)22(40)35-17(25(43)44)6-3-11-33-26(31)32/h15-20,38H,1-13,27-29H2,(H2,30,39)(H,34,41)(H,35,40)(H,43,44)(H4,31,32,33)/t15-,16+,17+,18+,19-,20+/m1/s1. The number of carboxylic acid groups (broad SMARTS) is 1. The predicted octanol–water partition coefficient (Wildman–Crippen LogP) is -4.55. The lowest BCUT2D eigenvalue weighted by molar-refractivity contribution is -0.145. The molecule has 44 heavy (non-hydrogen) atoms. The third-order valence-corrected chi connectivity index (χ3v) is 7.21. The molecule has 0 unspecified atom stereocenters. The van der Waals surface area contributed by atoms with Gasteiger partial charge in [-0.3, -0.25) is 29.0 Å². The maximum Gasteiger partial charge on any atom is 0.326 e. The number of aliphatic imine (C=N–C) groups is 1. The fraction of sp³-hybridized carbons (Fsp3) is 0.731. The summed E-state index contributed by atoms with van der Waals surface area (Å²) in [6, 6.07) is -5.93. The zero-order valence-electron chi connectivity index (χ0n) is 24.9. The van der Waals surface area contributed by atoms with E-state index in [0.29, 0.717) is 25.8 Å². The van der Waals surface area contributed by atoms with E-state index in [1.807, 2.05) is 0 Å².